The Bertz CT molecular complexity index is 1080. The van der Waals surface area contributed by atoms with E-state index in [1.807, 2.05) is 61.7 Å². The molecule has 0 aromatic heterocycles. The fraction of sp³-hybridized carbons (Fsp3) is 0.308. The number of carbonyl (C=O) groups excluding carboxylic acids is 1. The second-order valence-corrected chi connectivity index (χ2v) is 9.06. The summed E-state index contributed by atoms with van der Waals surface area (Å²) in [5.74, 6) is 1.42. The molecule has 2 aromatic carbocycles. The van der Waals surface area contributed by atoms with Crippen LogP contribution in [-0.4, -0.2) is 31.9 Å². The van der Waals surface area contributed by atoms with Gasteiger partial charge >= 0.3 is 0 Å². The molecular weight excluding hydrogens is 440 g/mol. The number of Topliss-reactive ketones (excluding diaryl/α,β-unsaturated/α-hetero) is 1. The van der Waals surface area contributed by atoms with Crippen molar-refractivity contribution in [1.82, 2.24) is 5.32 Å². The number of halogens is 1. The van der Waals surface area contributed by atoms with E-state index < -0.39 is 0 Å². The number of carbonyl (C=O) groups is 1. The van der Waals surface area contributed by atoms with Crippen LogP contribution >= 0.6 is 23.4 Å². The molecule has 6 heteroatoms. The average Bonchev–Trinajstić information content (AvgIpc) is 2.79. The molecule has 168 valence electrons. The smallest absolute Gasteiger partial charge is 0.166 e. The van der Waals surface area contributed by atoms with Crippen LogP contribution in [-0.2, 0) is 11.2 Å². The van der Waals surface area contributed by atoms with Gasteiger partial charge in [-0.3, -0.25) is 9.79 Å². The van der Waals surface area contributed by atoms with Crippen molar-refractivity contribution in [3.8, 4) is 5.75 Å². The van der Waals surface area contributed by atoms with Crippen molar-refractivity contribution in [1.29, 1.82) is 0 Å². The third-order valence-corrected chi connectivity index (χ3v) is 6.93. The largest absolute Gasteiger partial charge is 0.496 e. The van der Waals surface area contributed by atoms with Gasteiger partial charge in [-0.1, -0.05) is 54.9 Å². The monoisotopic (exact) mass is 468 g/mol. The van der Waals surface area contributed by atoms with Crippen molar-refractivity contribution in [2.24, 2.45) is 4.99 Å². The molecule has 0 bridgehead atoms. The summed E-state index contributed by atoms with van der Waals surface area (Å²) in [6.45, 7) is 4.12. The van der Waals surface area contributed by atoms with Gasteiger partial charge in [0.05, 0.1) is 12.1 Å². The molecule has 1 unspecified atom stereocenters. The SMILES string of the molecule is CCCSC1=C(/C=N/C)C(c2ccccc2Cl)C(C(=O)Cc2ccccc2OC)=C(C)N1. The normalized spacial score (nSPS) is 16.5. The molecule has 1 N–H and O–H groups in total. The van der Waals surface area contributed by atoms with Crippen LogP contribution in [0.4, 0.5) is 0 Å². The van der Waals surface area contributed by atoms with Crippen LogP contribution in [0, 0.1) is 0 Å². The van der Waals surface area contributed by atoms with E-state index in [0.717, 1.165) is 39.6 Å². The van der Waals surface area contributed by atoms with Gasteiger partial charge < -0.3 is 10.1 Å². The van der Waals surface area contributed by atoms with Crippen molar-refractivity contribution in [3.05, 3.63) is 86.6 Å². The Hall–Kier alpha value is -2.50. The van der Waals surface area contributed by atoms with Crippen LogP contribution in [0.15, 0.2) is 75.4 Å². The Labute approximate surface area is 199 Å². The fourth-order valence-electron chi connectivity index (χ4n) is 3.93. The van der Waals surface area contributed by atoms with E-state index in [2.05, 4.69) is 17.2 Å². The summed E-state index contributed by atoms with van der Waals surface area (Å²) in [7, 11) is 3.37. The molecule has 0 aliphatic carbocycles. The molecule has 1 atom stereocenters. The first kappa shape index (κ1) is 24.1. The Kier molecular flexibility index (Phi) is 8.60. The zero-order valence-electron chi connectivity index (χ0n) is 18.9. The summed E-state index contributed by atoms with van der Waals surface area (Å²) >= 11 is 8.40. The number of nitrogens with zero attached hydrogens (tertiary/aromatic N) is 1. The van der Waals surface area contributed by atoms with E-state index >= 15 is 0 Å². The molecule has 0 fully saturated rings. The maximum atomic E-state index is 13.7. The molecule has 0 saturated heterocycles. The lowest BCUT2D eigenvalue weighted by Gasteiger charge is -2.32. The summed E-state index contributed by atoms with van der Waals surface area (Å²) in [4.78, 5) is 18.1. The number of hydrogen-bond acceptors (Lipinski definition) is 5. The summed E-state index contributed by atoms with van der Waals surface area (Å²) < 4.78 is 5.47. The molecule has 1 aliphatic heterocycles. The van der Waals surface area contributed by atoms with Crippen LogP contribution in [0.1, 0.15) is 37.3 Å². The maximum Gasteiger partial charge on any atom is 0.166 e. The predicted octanol–water partition coefficient (Wildman–Crippen LogP) is 6.18. The number of rotatable bonds is 9. The number of thioether (sulfide) groups is 1. The Morgan fingerprint density at radius 2 is 1.94 bits per heavy atom. The van der Waals surface area contributed by atoms with Crippen molar-refractivity contribution in [3.63, 3.8) is 0 Å². The number of dihydropyridines is 1. The fourth-order valence-corrected chi connectivity index (χ4v) is 5.14. The molecule has 0 saturated carbocycles. The number of ketones is 1. The quantitative estimate of drug-likeness (QED) is 0.446. The number of ether oxygens (including phenoxy) is 1. The van der Waals surface area contributed by atoms with Gasteiger partial charge in [-0.2, -0.15) is 0 Å². The molecule has 4 nitrogen and oxygen atoms in total. The van der Waals surface area contributed by atoms with Gasteiger partial charge in [0.2, 0.25) is 0 Å². The standard InChI is InChI=1S/C26H29ClN2O2S/c1-5-14-32-26-20(16-28-3)25(19-11-7-8-12-21(19)27)24(17(2)29-26)22(30)15-18-10-6-9-13-23(18)31-4/h6-13,16,25,29H,5,14-15H2,1-4H3/b28-16+. The van der Waals surface area contributed by atoms with Crippen molar-refractivity contribution in [2.45, 2.75) is 32.6 Å². The second kappa shape index (κ2) is 11.4. The van der Waals surface area contributed by atoms with Gasteiger partial charge in [-0.25, -0.2) is 0 Å². The van der Waals surface area contributed by atoms with Gasteiger partial charge in [0, 0.05) is 53.0 Å². The maximum absolute atomic E-state index is 13.7. The van der Waals surface area contributed by atoms with E-state index in [-0.39, 0.29) is 18.1 Å². The molecular formula is C26H29ClN2O2S. The van der Waals surface area contributed by atoms with Crippen molar-refractivity contribution < 1.29 is 9.53 Å². The number of benzene rings is 2. The number of allylic oxidation sites excluding steroid dienone is 3. The Morgan fingerprint density at radius 1 is 1.22 bits per heavy atom. The molecule has 0 amide bonds. The van der Waals surface area contributed by atoms with Gasteiger partial charge in [-0.15, -0.1) is 11.8 Å². The highest BCUT2D eigenvalue weighted by Crippen LogP contribution is 2.43. The van der Waals surface area contributed by atoms with E-state index in [0.29, 0.717) is 16.3 Å². The number of para-hydroxylation sites is 1. The number of hydrogen-bond donors (Lipinski definition) is 1. The first-order chi connectivity index (χ1) is 15.5. The summed E-state index contributed by atoms with van der Waals surface area (Å²) in [5, 5.41) is 5.14. The Morgan fingerprint density at radius 3 is 2.62 bits per heavy atom. The minimum Gasteiger partial charge on any atom is -0.496 e. The van der Waals surface area contributed by atoms with Gasteiger partial charge in [0.1, 0.15) is 5.75 Å². The highest BCUT2D eigenvalue weighted by molar-refractivity contribution is 8.03. The summed E-state index contributed by atoms with van der Waals surface area (Å²) in [6.07, 6.45) is 3.14. The van der Waals surface area contributed by atoms with Gasteiger partial charge in [0.15, 0.2) is 5.78 Å². The van der Waals surface area contributed by atoms with Crippen LogP contribution < -0.4 is 10.1 Å². The third kappa shape index (κ3) is 5.28. The molecule has 0 radical (unpaired) electrons. The zero-order valence-corrected chi connectivity index (χ0v) is 20.5. The topological polar surface area (TPSA) is 50.7 Å². The lowest BCUT2D eigenvalue weighted by molar-refractivity contribution is -0.115. The lowest BCUT2D eigenvalue weighted by atomic mass is 9.79. The highest BCUT2D eigenvalue weighted by Gasteiger charge is 2.34. The average molecular weight is 469 g/mol. The number of nitrogens with one attached hydrogen (secondary N) is 1. The molecule has 2 aromatic rings. The zero-order chi connectivity index (χ0) is 23.1. The van der Waals surface area contributed by atoms with E-state index in [1.54, 1.807) is 25.9 Å². The minimum absolute atomic E-state index is 0.0333. The summed E-state index contributed by atoms with van der Waals surface area (Å²) in [6, 6.07) is 15.4. The molecule has 1 aliphatic rings. The number of aliphatic imine (C=N–C) groups is 1. The first-order valence-corrected chi connectivity index (χ1v) is 12.0. The van der Waals surface area contributed by atoms with Crippen molar-refractivity contribution in [2.75, 3.05) is 19.9 Å². The van der Waals surface area contributed by atoms with Crippen LogP contribution in [0.3, 0.4) is 0 Å². The first-order valence-electron chi connectivity index (χ1n) is 10.7. The summed E-state index contributed by atoms with van der Waals surface area (Å²) in [5.41, 5.74) is 4.29. The molecule has 3 rings (SSSR count). The van der Waals surface area contributed by atoms with Crippen LogP contribution in [0.25, 0.3) is 0 Å². The van der Waals surface area contributed by atoms with Crippen LogP contribution in [0.5, 0.6) is 5.75 Å². The van der Waals surface area contributed by atoms with E-state index in [9.17, 15) is 4.79 Å². The van der Waals surface area contributed by atoms with Gasteiger partial charge in [-0.05, 0) is 36.8 Å². The lowest BCUT2D eigenvalue weighted by Crippen LogP contribution is -2.29. The second-order valence-electron chi connectivity index (χ2n) is 7.55. The van der Waals surface area contributed by atoms with Crippen LogP contribution in [0.2, 0.25) is 5.02 Å². The highest BCUT2D eigenvalue weighted by atomic mass is 35.5. The minimum atomic E-state index is -0.296. The van der Waals surface area contributed by atoms with Gasteiger partial charge in [0.25, 0.3) is 0 Å². The van der Waals surface area contributed by atoms with E-state index in [1.165, 1.54) is 0 Å². The van der Waals surface area contributed by atoms with Crippen molar-refractivity contribution >= 4 is 35.4 Å². The number of methoxy groups -OCH3 is 1. The van der Waals surface area contributed by atoms with E-state index in [4.69, 9.17) is 16.3 Å². The molecule has 0 spiro atoms. The molecule has 32 heavy (non-hydrogen) atoms. The Balaban J connectivity index is 2.12. The third-order valence-electron chi connectivity index (χ3n) is 5.35. The predicted molar refractivity (Wildman–Crippen MR) is 136 cm³/mol. The molecule has 1 heterocycles.